The second kappa shape index (κ2) is 5.41. The lowest BCUT2D eigenvalue weighted by Crippen LogP contribution is -2.19. The van der Waals surface area contributed by atoms with Crippen LogP contribution in [0.15, 0.2) is 24.3 Å². The largest absolute Gasteiger partial charge is 0.348 e. The van der Waals surface area contributed by atoms with Gasteiger partial charge in [-0.25, -0.2) is 9.97 Å². The van der Waals surface area contributed by atoms with Gasteiger partial charge in [0.1, 0.15) is 16.8 Å². The summed E-state index contributed by atoms with van der Waals surface area (Å²) >= 11 is 6.27. The quantitative estimate of drug-likeness (QED) is 0.802. The van der Waals surface area contributed by atoms with Crippen LogP contribution in [0.2, 0.25) is 5.15 Å². The second-order valence-corrected chi connectivity index (χ2v) is 5.61. The molecule has 3 nitrogen and oxygen atoms in total. The summed E-state index contributed by atoms with van der Waals surface area (Å²) in [5.74, 6) is 1.82. The van der Waals surface area contributed by atoms with Crippen LogP contribution in [0.25, 0.3) is 0 Å². The molecule has 20 heavy (non-hydrogen) atoms. The molecule has 1 aromatic carbocycles. The van der Waals surface area contributed by atoms with Gasteiger partial charge in [-0.3, -0.25) is 0 Å². The molecule has 0 amide bonds. The van der Waals surface area contributed by atoms with Gasteiger partial charge in [-0.2, -0.15) is 0 Å². The van der Waals surface area contributed by atoms with E-state index >= 15 is 0 Å². The monoisotopic (exact) mass is 287 g/mol. The Hall–Kier alpha value is -1.61. The minimum absolute atomic E-state index is 0.578. The van der Waals surface area contributed by atoms with Gasteiger partial charge in [-0.05, 0) is 24.5 Å². The molecule has 4 heteroatoms. The third-order valence-corrected chi connectivity index (χ3v) is 4.09. The lowest BCUT2D eigenvalue weighted by atomic mass is 10.1. The summed E-state index contributed by atoms with van der Waals surface area (Å²) in [5, 5.41) is 0.578. The lowest BCUT2D eigenvalue weighted by Gasteiger charge is -2.20. The summed E-state index contributed by atoms with van der Waals surface area (Å²) in [7, 11) is 0. The molecule has 0 aliphatic carbocycles. The van der Waals surface area contributed by atoms with Crippen LogP contribution in [-0.4, -0.2) is 9.97 Å². The van der Waals surface area contributed by atoms with E-state index in [-0.39, 0.29) is 0 Å². The van der Waals surface area contributed by atoms with Crippen LogP contribution >= 0.6 is 11.6 Å². The van der Waals surface area contributed by atoms with Crippen molar-refractivity contribution in [3.05, 3.63) is 51.9 Å². The van der Waals surface area contributed by atoms with Gasteiger partial charge in [-0.15, -0.1) is 0 Å². The van der Waals surface area contributed by atoms with Gasteiger partial charge in [-0.1, -0.05) is 42.8 Å². The number of nitrogens with zero attached hydrogens (tertiary/aromatic N) is 3. The van der Waals surface area contributed by atoms with E-state index in [0.717, 1.165) is 43.1 Å². The summed E-state index contributed by atoms with van der Waals surface area (Å²) in [6.45, 7) is 5.92. The molecule has 104 valence electrons. The molecule has 0 radical (unpaired) electrons. The molecule has 0 saturated carbocycles. The van der Waals surface area contributed by atoms with Crippen LogP contribution in [0.1, 0.15) is 35.9 Å². The normalized spacial score (nSPS) is 13.7. The van der Waals surface area contributed by atoms with E-state index in [1.54, 1.807) is 0 Å². The molecule has 1 aliphatic rings. The van der Waals surface area contributed by atoms with Crippen LogP contribution in [0.3, 0.4) is 0 Å². The van der Waals surface area contributed by atoms with Crippen LogP contribution in [0.5, 0.6) is 0 Å². The summed E-state index contributed by atoms with van der Waals surface area (Å²) in [4.78, 5) is 11.4. The smallest absolute Gasteiger partial charge is 0.137 e. The van der Waals surface area contributed by atoms with Gasteiger partial charge in [0, 0.05) is 25.1 Å². The van der Waals surface area contributed by atoms with Crippen molar-refractivity contribution in [1.29, 1.82) is 0 Å². The molecular weight excluding hydrogens is 270 g/mol. The van der Waals surface area contributed by atoms with E-state index in [2.05, 4.69) is 41.1 Å². The SMILES string of the molecule is CCCc1nc(Cl)c(C)c(N2Cc3ccccc3C2)n1. The molecule has 2 aromatic rings. The molecule has 0 atom stereocenters. The number of anilines is 1. The van der Waals surface area contributed by atoms with Gasteiger partial charge in [0.2, 0.25) is 0 Å². The maximum atomic E-state index is 6.27. The second-order valence-electron chi connectivity index (χ2n) is 5.25. The fraction of sp³-hybridized carbons (Fsp3) is 0.375. The fourth-order valence-corrected chi connectivity index (χ4v) is 2.83. The number of fused-ring (bicyclic) bond motifs is 1. The summed E-state index contributed by atoms with van der Waals surface area (Å²) in [5.41, 5.74) is 3.72. The molecule has 0 bridgehead atoms. The lowest BCUT2D eigenvalue weighted by molar-refractivity contribution is 0.792. The zero-order valence-electron chi connectivity index (χ0n) is 11.9. The Morgan fingerprint density at radius 3 is 2.40 bits per heavy atom. The Morgan fingerprint density at radius 1 is 1.15 bits per heavy atom. The third-order valence-electron chi connectivity index (χ3n) is 3.72. The van der Waals surface area contributed by atoms with Crippen molar-refractivity contribution in [1.82, 2.24) is 9.97 Å². The van der Waals surface area contributed by atoms with E-state index in [9.17, 15) is 0 Å². The van der Waals surface area contributed by atoms with Crippen LogP contribution in [0, 0.1) is 6.92 Å². The number of aryl methyl sites for hydroxylation is 1. The predicted octanol–water partition coefficient (Wildman–Crippen LogP) is 3.91. The molecule has 0 spiro atoms. The van der Waals surface area contributed by atoms with E-state index in [0.29, 0.717) is 5.15 Å². The van der Waals surface area contributed by atoms with Crippen molar-refractivity contribution < 1.29 is 0 Å². The van der Waals surface area contributed by atoms with Gasteiger partial charge in [0.05, 0.1) is 0 Å². The summed E-state index contributed by atoms with van der Waals surface area (Å²) < 4.78 is 0. The average Bonchev–Trinajstić information content (AvgIpc) is 2.86. The topological polar surface area (TPSA) is 29.0 Å². The van der Waals surface area contributed by atoms with E-state index < -0.39 is 0 Å². The number of aromatic nitrogens is 2. The summed E-state index contributed by atoms with van der Waals surface area (Å²) in [6, 6.07) is 8.54. The molecule has 0 fully saturated rings. The highest BCUT2D eigenvalue weighted by molar-refractivity contribution is 6.30. The number of rotatable bonds is 3. The van der Waals surface area contributed by atoms with E-state index in [1.165, 1.54) is 11.1 Å². The van der Waals surface area contributed by atoms with Crippen molar-refractivity contribution in [3.63, 3.8) is 0 Å². The molecule has 0 saturated heterocycles. The maximum absolute atomic E-state index is 6.27. The number of hydrogen-bond acceptors (Lipinski definition) is 3. The maximum Gasteiger partial charge on any atom is 0.137 e. The van der Waals surface area contributed by atoms with Crippen molar-refractivity contribution in [3.8, 4) is 0 Å². The average molecular weight is 288 g/mol. The van der Waals surface area contributed by atoms with Gasteiger partial charge < -0.3 is 4.90 Å². The first kappa shape index (κ1) is 13.4. The highest BCUT2D eigenvalue weighted by Crippen LogP contribution is 2.31. The highest BCUT2D eigenvalue weighted by Gasteiger charge is 2.22. The Morgan fingerprint density at radius 2 is 1.80 bits per heavy atom. The molecule has 3 rings (SSSR count). The first-order valence-electron chi connectivity index (χ1n) is 7.03. The van der Waals surface area contributed by atoms with Gasteiger partial charge in [0.15, 0.2) is 0 Å². The fourth-order valence-electron chi connectivity index (χ4n) is 2.65. The van der Waals surface area contributed by atoms with Crippen LogP contribution in [0.4, 0.5) is 5.82 Å². The predicted molar refractivity (Wildman–Crippen MR) is 82.1 cm³/mol. The standard InChI is InChI=1S/C16H18ClN3/c1-3-6-14-18-15(17)11(2)16(19-14)20-9-12-7-4-5-8-13(12)10-20/h4-5,7-8H,3,6,9-10H2,1-2H3. The Bertz CT molecular complexity index is 615. The number of hydrogen-bond donors (Lipinski definition) is 0. The van der Waals surface area contributed by atoms with Gasteiger partial charge >= 0.3 is 0 Å². The van der Waals surface area contributed by atoms with Crippen molar-refractivity contribution in [2.45, 2.75) is 39.8 Å². The Balaban J connectivity index is 1.95. The van der Waals surface area contributed by atoms with Gasteiger partial charge in [0.25, 0.3) is 0 Å². The molecule has 0 N–H and O–H groups in total. The zero-order valence-corrected chi connectivity index (χ0v) is 12.6. The molecule has 0 unspecified atom stereocenters. The van der Waals surface area contributed by atoms with Crippen molar-refractivity contribution in [2.75, 3.05) is 4.90 Å². The van der Waals surface area contributed by atoms with E-state index in [1.807, 2.05) is 6.92 Å². The third kappa shape index (κ3) is 2.38. The number of halogens is 1. The van der Waals surface area contributed by atoms with E-state index in [4.69, 9.17) is 16.6 Å². The summed E-state index contributed by atoms with van der Waals surface area (Å²) in [6.07, 6.45) is 1.90. The Kier molecular flexibility index (Phi) is 3.62. The minimum Gasteiger partial charge on any atom is -0.348 e. The first-order valence-corrected chi connectivity index (χ1v) is 7.41. The highest BCUT2D eigenvalue weighted by atomic mass is 35.5. The van der Waals surface area contributed by atoms with Crippen molar-refractivity contribution >= 4 is 17.4 Å². The molecule has 1 aliphatic heterocycles. The molecular formula is C16H18ClN3. The zero-order chi connectivity index (χ0) is 14.1. The number of benzene rings is 1. The first-order chi connectivity index (χ1) is 9.69. The van der Waals surface area contributed by atoms with Crippen LogP contribution in [-0.2, 0) is 19.5 Å². The molecule has 2 heterocycles. The minimum atomic E-state index is 0.578. The Labute approximate surface area is 124 Å². The molecule has 1 aromatic heterocycles. The van der Waals surface area contributed by atoms with Crippen LogP contribution < -0.4 is 4.90 Å². The van der Waals surface area contributed by atoms with Crippen molar-refractivity contribution in [2.24, 2.45) is 0 Å².